The van der Waals surface area contributed by atoms with Gasteiger partial charge in [-0.05, 0) is 36.1 Å². The van der Waals surface area contributed by atoms with E-state index in [9.17, 15) is 14.4 Å². The fourth-order valence-corrected chi connectivity index (χ4v) is 4.20. The molecule has 0 aliphatic carbocycles. The third-order valence-electron chi connectivity index (χ3n) is 5.76. The SMILES string of the molecule is COc1cccc(CC(=O)N2CCCC3(C2)NC(=O)N(Cc2ccccc2)C3=O)c1. The number of benzene rings is 2. The number of urea groups is 1. The third-order valence-corrected chi connectivity index (χ3v) is 5.76. The quantitative estimate of drug-likeness (QED) is 0.772. The van der Waals surface area contributed by atoms with Crippen LogP contribution in [-0.2, 0) is 22.6 Å². The molecular formula is C23H25N3O4. The molecule has 7 nitrogen and oxygen atoms in total. The number of hydrogen-bond acceptors (Lipinski definition) is 4. The third kappa shape index (κ3) is 3.87. The Labute approximate surface area is 175 Å². The highest BCUT2D eigenvalue weighted by atomic mass is 16.5. The van der Waals surface area contributed by atoms with Gasteiger partial charge in [0.1, 0.15) is 11.3 Å². The monoisotopic (exact) mass is 407 g/mol. The van der Waals surface area contributed by atoms with E-state index >= 15 is 0 Å². The van der Waals surface area contributed by atoms with Crippen molar-refractivity contribution in [1.82, 2.24) is 15.1 Å². The Morgan fingerprint density at radius 2 is 1.87 bits per heavy atom. The summed E-state index contributed by atoms with van der Waals surface area (Å²) in [5, 5.41) is 2.88. The lowest BCUT2D eigenvalue weighted by Gasteiger charge is -2.38. The predicted octanol–water partition coefficient (Wildman–Crippen LogP) is 2.35. The summed E-state index contributed by atoms with van der Waals surface area (Å²) < 4.78 is 5.22. The minimum absolute atomic E-state index is 0.0640. The van der Waals surface area contributed by atoms with Crippen LogP contribution < -0.4 is 10.1 Å². The molecule has 0 saturated carbocycles. The number of nitrogens with zero attached hydrogens (tertiary/aromatic N) is 2. The second-order valence-electron chi connectivity index (χ2n) is 7.84. The minimum Gasteiger partial charge on any atom is -0.497 e. The highest BCUT2D eigenvalue weighted by molar-refractivity contribution is 6.07. The van der Waals surface area contributed by atoms with Gasteiger partial charge in [0.25, 0.3) is 5.91 Å². The normalized spacial score (nSPS) is 21.1. The molecule has 1 spiro atoms. The Balaban J connectivity index is 1.46. The maximum Gasteiger partial charge on any atom is 0.325 e. The zero-order valence-corrected chi connectivity index (χ0v) is 17.0. The fraction of sp³-hybridized carbons (Fsp3) is 0.348. The van der Waals surface area contributed by atoms with Crippen molar-refractivity contribution < 1.29 is 19.1 Å². The number of piperidine rings is 1. The van der Waals surface area contributed by atoms with E-state index in [0.717, 1.165) is 11.1 Å². The molecule has 1 atom stereocenters. The van der Waals surface area contributed by atoms with E-state index in [0.29, 0.717) is 25.1 Å². The van der Waals surface area contributed by atoms with Crippen LogP contribution in [-0.4, -0.2) is 53.4 Å². The standard InChI is InChI=1S/C23H25N3O4/c1-30-19-10-5-9-18(13-19)14-20(27)25-12-6-11-23(16-25)21(28)26(22(29)24-23)15-17-7-3-2-4-8-17/h2-5,7-10,13H,6,11-12,14-16H2,1H3,(H,24,29). The topological polar surface area (TPSA) is 79.0 Å². The van der Waals surface area contributed by atoms with E-state index in [1.165, 1.54) is 4.90 Å². The molecule has 1 unspecified atom stereocenters. The summed E-state index contributed by atoms with van der Waals surface area (Å²) in [6.07, 6.45) is 1.42. The van der Waals surface area contributed by atoms with Gasteiger partial charge in [0.05, 0.1) is 26.6 Å². The van der Waals surface area contributed by atoms with Gasteiger partial charge < -0.3 is 15.0 Å². The molecule has 4 amide bonds. The predicted molar refractivity (Wildman–Crippen MR) is 111 cm³/mol. The molecule has 2 aromatic rings. The zero-order valence-electron chi connectivity index (χ0n) is 17.0. The fourth-order valence-electron chi connectivity index (χ4n) is 4.20. The number of likely N-dealkylation sites (tertiary alicyclic amines) is 1. The first-order chi connectivity index (χ1) is 14.5. The molecule has 2 saturated heterocycles. The van der Waals surface area contributed by atoms with Gasteiger partial charge in [-0.3, -0.25) is 14.5 Å². The van der Waals surface area contributed by atoms with E-state index < -0.39 is 11.6 Å². The number of hydrogen-bond donors (Lipinski definition) is 1. The maximum atomic E-state index is 13.2. The maximum absolute atomic E-state index is 13.2. The number of ether oxygens (including phenoxy) is 1. The van der Waals surface area contributed by atoms with Crippen LogP contribution in [0.25, 0.3) is 0 Å². The van der Waals surface area contributed by atoms with Crippen molar-refractivity contribution in [2.75, 3.05) is 20.2 Å². The molecule has 2 aromatic carbocycles. The molecule has 7 heteroatoms. The first kappa shape index (κ1) is 19.9. The molecule has 2 fully saturated rings. The molecular weight excluding hydrogens is 382 g/mol. The van der Waals surface area contributed by atoms with Crippen LogP contribution in [0, 0.1) is 0 Å². The summed E-state index contributed by atoms with van der Waals surface area (Å²) in [5.74, 6) is 0.381. The summed E-state index contributed by atoms with van der Waals surface area (Å²) in [6, 6.07) is 16.4. The zero-order chi connectivity index (χ0) is 21.1. The van der Waals surface area contributed by atoms with Crippen molar-refractivity contribution in [2.45, 2.75) is 31.3 Å². The lowest BCUT2D eigenvalue weighted by Crippen LogP contribution is -2.59. The number of carbonyl (C=O) groups excluding carboxylic acids is 3. The van der Waals surface area contributed by atoms with Crippen LogP contribution in [0.1, 0.15) is 24.0 Å². The molecule has 0 aromatic heterocycles. The van der Waals surface area contributed by atoms with E-state index in [4.69, 9.17) is 4.74 Å². The van der Waals surface area contributed by atoms with Crippen molar-refractivity contribution in [1.29, 1.82) is 0 Å². The molecule has 2 heterocycles. The molecule has 4 rings (SSSR count). The first-order valence-electron chi connectivity index (χ1n) is 10.1. The molecule has 1 N–H and O–H groups in total. The van der Waals surface area contributed by atoms with E-state index in [2.05, 4.69) is 5.32 Å². The average molecular weight is 407 g/mol. The molecule has 30 heavy (non-hydrogen) atoms. The summed E-state index contributed by atoms with van der Waals surface area (Å²) in [5.41, 5.74) is 0.708. The van der Waals surface area contributed by atoms with Gasteiger partial charge in [0, 0.05) is 6.54 Å². The van der Waals surface area contributed by atoms with Crippen LogP contribution in [0.4, 0.5) is 4.79 Å². The van der Waals surface area contributed by atoms with Gasteiger partial charge in [-0.2, -0.15) is 0 Å². The summed E-state index contributed by atoms with van der Waals surface area (Å²) >= 11 is 0. The van der Waals surface area contributed by atoms with Gasteiger partial charge in [0.2, 0.25) is 5.91 Å². The highest BCUT2D eigenvalue weighted by Crippen LogP contribution is 2.30. The summed E-state index contributed by atoms with van der Waals surface area (Å²) in [6.45, 7) is 1.00. The van der Waals surface area contributed by atoms with Crippen molar-refractivity contribution >= 4 is 17.8 Å². The molecule has 0 bridgehead atoms. The van der Waals surface area contributed by atoms with Crippen LogP contribution in [0.2, 0.25) is 0 Å². The Morgan fingerprint density at radius 1 is 1.10 bits per heavy atom. The molecule has 2 aliphatic heterocycles. The lowest BCUT2D eigenvalue weighted by atomic mass is 9.88. The summed E-state index contributed by atoms with van der Waals surface area (Å²) in [4.78, 5) is 41.6. The summed E-state index contributed by atoms with van der Waals surface area (Å²) in [7, 11) is 1.59. The molecule has 0 radical (unpaired) electrons. The van der Waals surface area contributed by atoms with E-state index in [-0.39, 0.29) is 31.3 Å². The van der Waals surface area contributed by atoms with Crippen LogP contribution in [0.15, 0.2) is 54.6 Å². The van der Waals surface area contributed by atoms with Crippen LogP contribution in [0.5, 0.6) is 5.75 Å². The van der Waals surface area contributed by atoms with Crippen LogP contribution >= 0.6 is 0 Å². The van der Waals surface area contributed by atoms with Gasteiger partial charge in [0.15, 0.2) is 0 Å². The minimum atomic E-state index is -1.03. The van der Waals surface area contributed by atoms with Crippen LogP contribution in [0.3, 0.4) is 0 Å². The Kier molecular flexibility index (Phi) is 5.44. The highest BCUT2D eigenvalue weighted by Gasteiger charge is 2.53. The second kappa shape index (κ2) is 8.18. The van der Waals surface area contributed by atoms with Gasteiger partial charge in [-0.25, -0.2) is 4.79 Å². The number of carbonyl (C=O) groups is 3. The Morgan fingerprint density at radius 3 is 2.63 bits per heavy atom. The van der Waals surface area contributed by atoms with Gasteiger partial charge in [-0.15, -0.1) is 0 Å². The molecule has 156 valence electrons. The number of amides is 4. The lowest BCUT2D eigenvalue weighted by molar-refractivity contribution is -0.138. The molecule has 2 aliphatic rings. The van der Waals surface area contributed by atoms with E-state index in [1.54, 1.807) is 12.0 Å². The smallest absolute Gasteiger partial charge is 0.325 e. The number of rotatable bonds is 5. The van der Waals surface area contributed by atoms with Gasteiger partial charge >= 0.3 is 6.03 Å². The van der Waals surface area contributed by atoms with E-state index in [1.807, 2.05) is 54.6 Å². The van der Waals surface area contributed by atoms with Crippen molar-refractivity contribution in [2.24, 2.45) is 0 Å². The Hall–Kier alpha value is -3.35. The van der Waals surface area contributed by atoms with Crippen molar-refractivity contribution in [3.63, 3.8) is 0 Å². The number of nitrogens with one attached hydrogen (secondary N) is 1. The van der Waals surface area contributed by atoms with Gasteiger partial charge in [-0.1, -0.05) is 42.5 Å². The van der Waals surface area contributed by atoms with Crippen molar-refractivity contribution in [3.8, 4) is 5.75 Å². The largest absolute Gasteiger partial charge is 0.497 e. The first-order valence-corrected chi connectivity index (χ1v) is 10.1. The Bertz CT molecular complexity index is 962. The van der Waals surface area contributed by atoms with Crippen molar-refractivity contribution in [3.05, 3.63) is 65.7 Å². The average Bonchev–Trinajstić information content (AvgIpc) is 2.98. The second-order valence-corrected chi connectivity index (χ2v) is 7.84. The number of imide groups is 1. The number of methoxy groups -OCH3 is 1.